The van der Waals surface area contributed by atoms with Crippen LogP contribution in [0.3, 0.4) is 0 Å². The number of morpholine rings is 1. The van der Waals surface area contributed by atoms with Crippen molar-refractivity contribution in [3.63, 3.8) is 0 Å². The van der Waals surface area contributed by atoms with Crippen molar-refractivity contribution in [2.75, 3.05) is 26.3 Å². The minimum atomic E-state index is -2.61. The van der Waals surface area contributed by atoms with E-state index >= 15 is 0 Å². The van der Waals surface area contributed by atoms with Crippen molar-refractivity contribution < 1.29 is 18.3 Å². The maximum absolute atomic E-state index is 12.3. The van der Waals surface area contributed by atoms with E-state index < -0.39 is 6.43 Å². The fraction of sp³-hybridized carbons (Fsp3) is 0.455. The van der Waals surface area contributed by atoms with Crippen LogP contribution < -0.4 is 0 Å². The van der Waals surface area contributed by atoms with E-state index in [0.29, 0.717) is 31.9 Å². The van der Waals surface area contributed by atoms with Crippen molar-refractivity contribution in [3.8, 4) is 0 Å². The van der Waals surface area contributed by atoms with Crippen molar-refractivity contribution in [1.82, 2.24) is 9.88 Å². The Bertz CT molecular complexity index is 389. The van der Waals surface area contributed by atoms with E-state index in [4.69, 9.17) is 4.74 Å². The second kappa shape index (κ2) is 5.18. The Morgan fingerprint density at radius 2 is 2.06 bits per heavy atom. The molecule has 1 fully saturated rings. The lowest BCUT2D eigenvalue weighted by Crippen LogP contribution is -2.40. The van der Waals surface area contributed by atoms with E-state index in [9.17, 15) is 13.6 Å². The molecule has 1 aliphatic heterocycles. The van der Waals surface area contributed by atoms with Crippen LogP contribution in [0.1, 0.15) is 22.5 Å². The fourth-order valence-corrected chi connectivity index (χ4v) is 1.61. The smallest absolute Gasteiger partial charge is 0.280 e. The summed E-state index contributed by atoms with van der Waals surface area (Å²) in [7, 11) is 0. The van der Waals surface area contributed by atoms with Gasteiger partial charge in [-0.1, -0.05) is 0 Å². The zero-order chi connectivity index (χ0) is 12.3. The molecule has 0 aliphatic carbocycles. The summed E-state index contributed by atoms with van der Waals surface area (Å²) in [5.74, 6) is -0.193. The first kappa shape index (κ1) is 11.9. The first-order valence-electron chi connectivity index (χ1n) is 5.29. The number of amides is 1. The lowest BCUT2D eigenvalue weighted by atomic mass is 10.2. The molecule has 0 unspecified atom stereocenters. The van der Waals surface area contributed by atoms with Crippen LogP contribution in [0.15, 0.2) is 18.3 Å². The number of aromatic nitrogens is 1. The summed E-state index contributed by atoms with van der Waals surface area (Å²) in [6, 6.07) is 2.56. The molecule has 0 N–H and O–H groups in total. The number of alkyl halides is 2. The molecule has 0 bridgehead atoms. The van der Waals surface area contributed by atoms with Crippen LogP contribution >= 0.6 is 0 Å². The zero-order valence-corrected chi connectivity index (χ0v) is 9.10. The van der Waals surface area contributed by atoms with Gasteiger partial charge >= 0.3 is 0 Å². The highest BCUT2D eigenvalue weighted by Gasteiger charge is 2.19. The maximum Gasteiger partial charge on any atom is 0.280 e. The molecule has 0 saturated carbocycles. The number of carbonyl (C=O) groups is 1. The van der Waals surface area contributed by atoms with Crippen LogP contribution in [0.4, 0.5) is 8.78 Å². The third-order valence-corrected chi connectivity index (χ3v) is 2.56. The van der Waals surface area contributed by atoms with Gasteiger partial charge in [0.1, 0.15) is 5.69 Å². The fourth-order valence-electron chi connectivity index (χ4n) is 1.61. The van der Waals surface area contributed by atoms with Crippen molar-refractivity contribution >= 4 is 5.91 Å². The molecule has 1 aromatic heterocycles. The van der Waals surface area contributed by atoms with Crippen LogP contribution in [-0.4, -0.2) is 42.1 Å². The van der Waals surface area contributed by atoms with Crippen molar-refractivity contribution in [2.45, 2.75) is 6.43 Å². The van der Waals surface area contributed by atoms with Gasteiger partial charge in [-0.3, -0.25) is 9.78 Å². The standard InChI is InChI=1S/C11H12F2N2O2/c12-10(13)9-2-1-8(7-14-9)11(16)15-3-5-17-6-4-15/h1-2,7,10H,3-6H2. The van der Waals surface area contributed by atoms with Gasteiger partial charge in [0, 0.05) is 19.3 Å². The monoisotopic (exact) mass is 242 g/mol. The third-order valence-electron chi connectivity index (χ3n) is 2.56. The molecule has 92 valence electrons. The van der Waals surface area contributed by atoms with Gasteiger partial charge in [-0.25, -0.2) is 8.78 Å². The van der Waals surface area contributed by atoms with E-state index in [1.165, 1.54) is 18.3 Å². The number of pyridine rings is 1. The Morgan fingerprint density at radius 1 is 1.35 bits per heavy atom. The Morgan fingerprint density at radius 3 is 2.59 bits per heavy atom. The minimum absolute atomic E-state index is 0.193. The third kappa shape index (κ3) is 2.76. The lowest BCUT2D eigenvalue weighted by molar-refractivity contribution is 0.0302. The van der Waals surface area contributed by atoms with Crippen LogP contribution in [0.5, 0.6) is 0 Å². The van der Waals surface area contributed by atoms with Gasteiger partial charge in [0.25, 0.3) is 12.3 Å². The highest BCUT2D eigenvalue weighted by Crippen LogP contribution is 2.16. The average molecular weight is 242 g/mol. The first-order valence-corrected chi connectivity index (χ1v) is 5.29. The van der Waals surface area contributed by atoms with Gasteiger partial charge in [-0.15, -0.1) is 0 Å². The molecule has 6 heteroatoms. The summed E-state index contributed by atoms with van der Waals surface area (Å²) in [4.78, 5) is 17.1. The number of carbonyl (C=O) groups excluding carboxylic acids is 1. The van der Waals surface area contributed by atoms with Crippen molar-refractivity contribution in [2.24, 2.45) is 0 Å². The summed E-state index contributed by atoms with van der Waals surface area (Å²) in [5.41, 5.74) is 0.0137. The number of hydrogen-bond acceptors (Lipinski definition) is 3. The number of hydrogen-bond donors (Lipinski definition) is 0. The van der Waals surface area contributed by atoms with E-state index in [1.807, 2.05) is 0 Å². The molecule has 2 heterocycles. The molecule has 4 nitrogen and oxygen atoms in total. The van der Waals surface area contributed by atoms with Crippen LogP contribution in [0, 0.1) is 0 Å². The average Bonchev–Trinajstić information content (AvgIpc) is 2.39. The predicted molar refractivity (Wildman–Crippen MR) is 55.9 cm³/mol. The summed E-state index contributed by atoms with van der Waals surface area (Å²) >= 11 is 0. The summed E-state index contributed by atoms with van der Waals surface area (Å²) < 4.78 is 29.7. The quantitative estimate of drug-likeness (QED) is 0.789. The summed E-state index contributed by atoms with van der Waals surface area (Å²) in [6.07, 6.45) is -1.42. The highest BCUT2D eigenvalue weighted by molar-refractivity contribution is 5.93. The molecule has 0 spiro atoms. The van der Waals surface area contributed by atoms with E-state index in [1.54, 1.807) is 4.90 Å². The molecule has 17 heavy (non-hydrogen) atoms. The highest BCUT2D eigenvalue weighted by atomic mass is 19.3. The van der Waals surface area contributed by atoms with Gasteiger partial charge in [0.2, 0.25) is 0 Å². The van der Waals surface area contributed by atoms with Crippen LogP contribution in [0.2, 0.25) is 0 Å². The molecule has 0 radical (unpaired) electrons. The second-order valence-electron chi connectivity index (χ2n) is 3.68. The lowest BCUT2D eigenvalue weighted by Gasteiger charge is -2.26. The van der Waals surface area contributed by atoms with E-state index in [-0.39, 0.29) is 11.6 Å². The Kier molecular flexibility index (Phi) is 3.63. The van der Waals surface area contributed by atoms with Crippen molar-refractivity contribution in [1.29, 1.82) is 0 Å². The number of rotatable bonds is 2. The summed E-state index contributed by atoms with van der Waals surface area (Å²) in [6.45, 7) is 2.06. The molecule has 2 rings (SSSR count). The molecule has 1 aromatic rings. The molecule has 0 atom stereocenters. The number of halogens is 2. The van der Waals surface area contributed by atoms with Gasteiger partial charge in [-0.05, 0) is 12.1 Å². The number of ether oxygens (including phenoxy) is 1. The van der Waals surface area contributed by atoms with Gasteiger partial charge < -0.3 is 9.64 Å². The SMILES string of the molecule is O=C(c1ccc(C(F)F)nc1)N1CCOCC1. The second-order valence-corrected chi connectivity index (χ2v) is 3.68. The van der Waals surface area contributed by atoms with Gasteiger partial charge in [0.15, 0.2) is 0 Å². The van der Waals surface area contributed by atoms with Crippen molar-refractivity contribution in [3.05, 3.63) is 29.6 Å². The topological polar surface area (TPSA) is 42.4 Å². The molecule has 0 aromatic carbocycles. The predicted octanol–water partition coefficient (Wildman–Crippen LogP) is 1.49. The van der Waals surface area contributed by atoms with Gasteiger partial charge in [-0.2, -0.15) is 0 Å². The maximum atomic E-state index is 12.3. The van der Waals surface area contributed by atoms with Gasteiger partial charge in [0.05, 0.1) is 18.8 Å². The minimum Gasteiger partial charge on any atom is -0.378 e. The van der Waals surface area contributed by atoms with E-state index in [0.717, 1.165) is 0 Å². The number of nitrogens with zero attached hydrogens (tertiary/aromatic N) is 2. The Hall–Kier alpha value is -1.56. The first-order chi connectivity index (χ1) is 8.18. The van der Waals surface area contributed by atoms with E-state index in [2.05, 4.69) is 4.98 Å². The summed E-state index contributed by atoms with van der Waals surface area (Å²) in [5, 5.41) is 0. The van der Waals surface area contributed by atoms with Crippen LogP contribution in [0.25, 0.3) is 0 Å². The largest absolute Gasteiger partial charge is 0.378 e. The molecular formula is C11H12F2N2O2. The van der Waals surface area contributed by atoms with Crippen LogP contribution in [-0.2, 0) is 4.74 Å². The molecule has 1 aliphatic rings. The molecule has 1 amide bonds. The normalized spacial score (nSPS) is 16.3. The molecular weight excluding hydrogens is 230 g/mol. The zero-order valence-electron chi connectivity index (χ0n) is 9.10. The Labute approximate surface area is 97.2 Å². The Balaban J connectivity index is 2.08. The molecule has 1 saturated heterocycles.